The third-order valence-electron chi connectivity index (χ3n) is 4.61. The largest absolute Gasteiger partial charge is 0.391 e. The first-order valence-corrected chi connectivity index (χ1v) is 8.48. The lowest BCUT2D eigenvalue weighted by atomic mass is 10.0. The fourth-order valence-corrected chi connectivity index (χ4v) is 3.21. The zero-order valence-electron chi connectivity index (χ0n) is 15.0. The van der Waals surface area contributed by atoms with Gasteiger partial charge in [-0.15, -0.1) is 0 Å². The summed E-state index contributed by atoms with van der Waals surface area (Å²) in [5, 5.41) is 14.6. The lowest BCUT2D eigenvalue weighted by Crippen LogP contribution is -2.32. The number of hydrogen-bond donors (Lipinski definition) is 1. The number of halogens is 1. The van der Waals surface area contributed by atoms with Crippen LogP contribution in [0.3, 0.4) is 0 Å². The summed E-state index contributed by atoms with van der Waals surface area (Å²) in [5.41, 5.74) is 1.81. The maximum Gasteiger partial charge on any atom is 0.257 e. The molecule has 25 heavy (non-hydrogen) atoms. The Labute approximate surface area is 147 Å². The number of nitrogens with zero attached hydrogens (tertiary/aromatic N) is 3. The highest BCUT2D eigenvalue weighted by Gasteiger charge is 2.37. The minimum absolute atomic E-state index is 0.154. The predicted molar refractivity (Wildman–Crippen MR) is 92.8 cm³/mol. The van der Waals surface area contributed by atoms with E-state index in [2.05, 4.69) is 5.10 Å². The van der Waals surface area contributed by atoms with Gasteiger partial charge in [0, 0.05) is 12.7 Å². The number of aliphatic hydroxyl groups is 1. The molecule has 6 heteroatoms. The Morgan fingerprint density at radius 1 is 1.28 bits per heavy atom. The first-order valence-electron chi connectivity index (χ1n) is 8.48. The van der Waals surface area contributed by atoms with Gasteiger partial charge in [-0.2, -0.15) is 5.10 Å². The van der Waals surface area contributed by atoms with Crippen LogP contribution in [0.5, 0.6) is 0 Å². The van der Waals surface area contributed by atoms with Crippen molar-refractivity contribution >= 4 is 5.91 Å². The van der Waals surface area contributed by atoms with Crippen LogP contribution in [0.1, 0.15) is 54.8 Å². The first-order chi connectivity index (χ1) is 11.7. The minimum Gasteiger partial charge on any atom is -0.391 e. The number of hydrogen-bond acceptors (Lipinski definition) is 3. The van der Waals surface area contributed by atoms with Crippen molar-refractivity contribution in [2.45, 2.75) is 51.8 Å². The van der Waals surface area contributed by atoms with Crippen LogP contribution in [0.25, 0.3) is 0 Å². The number of likely N-dealkylation sites (tertiary alicyclic amines) is 1. The van der Waals surface area contributed by atoms with E-state index in [4.69, 9.17) is 0 Å². The third-order valence-corrected chi connectivity index (χ3v) is 4.61. The molecule has 2 heterocycles. The maximum absolute atomic E-state index is 13.2. The Hall–Kier alpha value is -2.21. The summed E-state index contributed by atoms with van der Waals surface area (Å²) >= 11 is 0. The molecule has 0 spiro atoms. The molecule has 1 aliphatic rings. The van der Waals surface area contributed by atoms with Crippen LogP contribution in [0.4, 0.5) is 4.39 Å². The Kier molecular flexibility index (Phi) is 4.41. The average molecular weight is 345 g/mol. The summed E-state index contributed by atoms with van der Waals surface area (Å²) in [4.78, 5) is 14.8. The molecular weight excluding hydrogens is 321 g/mol. The predicted octanol–water partition coefficient (Wildman–Crippen LogP) is 3.03. The number of benzene rings is 1. The Morgan fingerprint density at radius 3 is 2.48 bits per heavy atom. The van der Waals surface area contributed by atoms with Gasteiger partial charge in [0.2, 0.25) is 0 Å². The van der Waals surface area contributed by atoms with Gasteiger partial charge in [-0.05, 0) is 51.8 Å². The number of rotatable bonds is 2. The van der Waals surface area contributed by atoms with Gasteiger partial charge in [0.15, 0.2) is 0 Å². The molecule has 1 aromatic heterocycles. The molecule has 5 nitrogen and oxygen atoms in total. The molecule has 134 valence electrons. The molecule has 0 unspecified atom stereocenters. The molecule has 3 rings (SSSR count). The molecule has 0 radical (unpaired) electrons. The van der Waals surface area contributed by atoms with E-state index >= 15 is 0 Å². The van der Waals surface area contributed by atoms with Gasteiger partial charge in [-0.3, -0.25) is 9.48 Å². The zero-order chi connectivity index (χ0) is 18.4. The van der Waals surface area contributed by atoms with Gasteiger partial charge in [0.05, 0.1) is 28.9 Å². The summed E-state index contributed by atoms with van der Waals surface area (Å²) in [5.74, 6) is -0.471. The maximum atomic E-state index is 13.2. The zero-order valence-corrected chi connectivity index (χ0v) is 15.0. The molecule has 1 amide bonds. The van der Waals surface area contributed by atoms with Crippen molar-refractivity contribution in [3.05, 3.63) is 53.1 Å². The van der Waals surface area contributed by atoms with Crippen LogP contribution < -0.4 is 0 Å². The lowest BCUT2D eigenvalue weighted by molar-refractivity contribution is 0.0715. The van der Waals surface area contributed by atoms with Crippen molar-refractivity contribution in [2.24, 2.45) is 0 Å². The van der Waals surface area contributed by atoms with E-state index in [-0.39, 0.29) is 29.8 Å². The van der Waals surface area contributed by atoms with Crippen molar-refractivity contribution in [3.8, 4) is 0 Å². The van der Waals surface area contributed by atoms with Crippen LogP contribution in [0.15, 0.2) is 30.5 Å². The molecule has 1 fully saturated rings. The number of aryl methyl sites for hydroxylation is 1. The van der Waals surface area contributed by atoms with E-state index in [1.807, 2.05) is 27.7 Å². The first kappa shape index (κ1) is 17.6. The minimum atomic E-state index is -0.586. The number of carbonyl (C=O) groups is 1. The molecule has 0 saturated carbocycles. The lowest BCUT2D eigenvalue weighted by Gasteiger charge is -2.24. The van der Waals surface area contributed by atoms with Gasteiger partial charge in [0.1, 0.15) is 5.82 Å². The average Bonchev–Trinajstić information content (AvgIpc) is 3.10. The number of amides is 1. The van der Waals surface area contributed by atoms with Crippen molar-refractivity contribution in [3.63, 3.8) is 0 Å². The number of aliphatic hydroxyl groups excluding tert-OH is 1. The highest BCUT2D eigenvalue weighted by Crippen LogP contribution is 2.34. The van der Waals surface area contributed by atoms with E-state index in [9.17, 15) is 14.3 Å². The van der Waals surface area contributed by atoms with Gasteiger partial charge in [-0.1, -0.05) is 12.1 Å². The molecular formula is C19H24FN3O2. The Balaban J connectivity index is 1.92. The Bertz CT molecular complexity index is 777. The summed E-state index contributed by atoms with van der Waals surface area (Å²) < 4.78 is 15.0. The standard InChI is InChI=1S/C19H24FN3O2/c1-12-16(11-23(21-12)19(2,3)4)18(25)22-10-15(24)9-17(22)13-5-7-14(20)8-6-13/h5-8,11,15,17,24H,9-10H2,1-4H3/t15-,17-/m1/s1. The topological polar surface area (TPSA) is 58.4 Å². The number of carbonyl (C=O) groups excluding carboxylic acids is 1. The monoisotopic (exact) mass is 345 g/mol. The molecule has 2 atom stereocenters. The molecule has 1 aliphatic heterocycles. The van der Waals surface area contributed by atoms with Crippen LogP contribution in [-0.2, 0) is 5.54 Å². The van der Waals surface area contributed by atoms with Crippen LogP contribution in [0.2, 0.25) is 0 Å². The fourth-order valence-electron chi connectivity index (χ4n) is 3.21. The summed E-state index contributed by atoms with van der Waals surface area (Å²) in [6.07, 6.45) is 1.63. The molecule has 0 aliphatic carbocycles. The van der Waals surface area contributed by atoms with Gasteiger partial charge in [-0.25, -0.2) is 4.39 Å². The second-order valence-electron chi connectivity index (χ2n) is 7.66. The Morgan fingerprint density at radius 2 is 1.92 bits per heavy atom. The fraction of sp³-hybridized carbons (Fsp3) is 0.474. The summed E-state index contributed by atoms with van der Waals surface area (Å²) in [7, 11) is 0. The van der Waals surface area contributed by atoms with E-state index < -0.39 is 6.10 Å². The van der Waals surface area contributed by atoms with Crippen LogP contribution >= 0.6 is 0 Å². The quantitative estimate of drug-likeness (QED) is 0.910. The van der Waals surface area contributed by atoms with Crippen molar-refractivity contribution in [1.82, 2.24) is 14.7 Å². The van der Waals surface area contributed by atoms with E-state index in [0.29, 0.717) is 17.7 Å². The summed E-state index contributed by atoms with van der Waals surface area (Å²) in [6.45, 7) is 8.15. The molecule has 1 aromatic carbocycles. The SMILES string of the molecule is Cc1nn(C(C)(C)C)cc1C(=O)N1C[C@H](O)C[C@@H]1c1ccc(F)cc1. The second-order valence-corrected chi connectivity index (χ2v) is 7.66. The third kappa shape index (κ3) is 3.44. The van der Waals surface area contributed by atoms with E-state index in [1.165, 1.54) is 12.1 Å². The molecule has 1 saturated heterocycles. The normalized spacial score (nSPS) is 21.0. The molecule has 1 N–H and O–H groups in total. The van der Waals surface area contributed by atoms with E-state index in [1.54, 1.807) is 27.9 Å². The van der Waals surface area contributed by atoms with Crippen molar-refractivity contribution in [1.29, 1.82) is 0 Å². The number of aromatic nitrogens is 2. The van der Waals surface area contributed by atoms with Crippen LogP contribution in [-0.4, -0.2) is 38.3 Å². The molecule has 0 bridgehead atoms. The van der Waals surface area contributed by atoms with E-state index in [0.717, 1.165) is 5.56 Å². The van der Waals surface area contributed by atoms with Crippen molar-refractivity contribution in [2.75, 3.05) is 6.54 Å². The highest BCUT2D eigenvalue weighted by atomic mass is 19.1. The summed E-state index contributed by atoms with van der Waals surface area (Å²) in [6, 6.07) is 5.84. The van der Waals surface area contributed by atoms with Crippen LogP contribution in [0, 0.1) is 12.7 Å². The molecule has 2 aromatic rings. The van der Waals surface area contributed by atoms with Gasteiger partial charge >= 0.3 is 0 Å². The van der Waals surface area contributed by atoms with Gasteiger partial charge < -0.3 is 10.0 Å². The van der Waals surface area contributed by atoms with Crippen molar-refractivity contribution < 1.29 is 14.3 Å². The smallest absolute Gasteiger partial charge is 0.257 e. The highest BCUT2D eigenvalue weighted by molar-refractivity contribution is 5.95. The second kappa shape index (κ2) is 6.26. The number of β-amino-alcohol motifs (C(OH)–C–C–N with tert-alkyl or cyclic N) is 1. The van der Waals surface area contributed by atoms with Gasteiger partial charge in [0.25, 0.3) is 5.91 Å².